The summed E-state index contributed by atoms with van der Waals surface area (Å²) in [5.74, 6) is 3.73. The van der Waals surface area contributed by atoms with E-state index in [4.69, 9.17) is 0 Å². The first-order chi connectivity index (χ1) is 11.4. The first-order valence-corrected chi connectivity index (χ1v) is 11.7. The van der Waals surface area contributed by atoms with Crippen LogP contribution in [0.4, 0.5) is 0 Å². The second kappa shape index (κ2) is 10.5. The molecule has 0 heterocycles. The van der Waals surface area contributed by atoms with Crippen molar-refractivity contribution in [3.63, 3.8) is 0 Å². The molecule has 1 rings (SSSR count). The van der Waals surface area contributed by atoms with Crippen LogP contribution >= 0.6 is 12.6 Å². The van der Waals surface area contributed by atoms with Gasteiger partial charge in [0.2, 0.25) is 0 Å². The van der Waals surface area contributed by atoms with E-state index in [0.29, 0.717) is 10.8 Å². The number of unbranched alkanes of at least 4 members (excludes halogenated alkanes) is 2. The standard InChI is InChI=1S/C23H46S/c1-7-10-11-15-23(19(4)9-3,20(5)14-12-16-24)22(6)17-21(18-22)13-8-2/h19-21,24H,7-18H2,1-6H3. The summed E-state index contributed by atoms with van der Waals surface area (Å²) in [6, 6.07) is 0. The Morgan fingerprint density at radius 3 is 2.17 bits per heavy atom. The van der Waals surface area contributed by atoms with Crippen molar-refractivity contribution >= 4 is 12.6 Å². The second-order valence-corrected chi connectivity index (χ2v) is 9.64. The van der Waals surface area contributed by atoms with E-state index in [0.717, 1.165) is 23.5 Å². The molecule has 1 fully saturated rings. The molecule has 0 aromatic carbocycles. The van der Waals surface area contributed by atoms with Gasteiger partial charge in [0.15, 0.2) is 0 Å². The molecule has 1 saturated carbocycles. The molecule has 3 unspecified atom stereocenters. The third kappa shape index (κ3) is 4.74. The Labute approximate surface area is 159 Å². The van der Waals surface area contributed by atoms with Gasteiger partial charge in [0, 0.05) is 0 Å². The van der Waals surface area contributed by atoms with Gasteiger partial charge in [-0.1, -0.05) is 80.1 Å². The Morgan fingerprint density at radius 1 is 1.00 bits per heavy atom. The van der Waals surface area contributed by atoms with E-state index < -0.39 is 0 Å². The van der Waals surface area contributed by atoms with Crippen molar-refractivity contribution in [3.05, 3.63) is 0 Å². The molecule has 0 bridgehead atoms. The molecule has 0 radical (unpaired) electrons. The van der Waals surface area contributed by atoms with Crippen LogP contribution in [0.5, 0.6) is 0 Å². The van der Waals surface area contributed by atoms with Gasteiger partial charge in [0.25, 0.3) is 0 Å². The Morgan fingerprint density at radius 2 is 1.67 bits per heavy atom. The molecule has 1 heteroatoms. The molecule has 0 spiro atoms. The summed E-state index contributed by atoms with van der Waals surface area (Å²) < 4.78 is 0. The molecule has 1 aliphatic rings. The zero-order valence-corrected chi connectivity index (χ0v) is 18.6. The molecule has 0 N–H and O–H groups in total. The van der Waals surface area contributed by atoms with Gasteiger partial charge >= 0.3 is 0 Å². The summed E-state index contributed by atoms with van der Waals surface area (Å²) in [5.41, 5.74) is 1.12. The maximum Gasteiger partial charge on any atom is -0.00978 e. The van der Waals surface area contributed by atoms with Crippen molar-refractivity contribution in [1.82, 2.24) is 0 Å². The molecule has 3 atom stereocenters. The summed E-state index contributed by atoms with van der Waals surface area (Å²) in [7, 11) is 0. The molecule has 0 aromatic rings. The van der Waals surface area contributed by atoms with E-state index in [1.54, 1.807) is 0 Å². The molecule has 0 saturated heterocycles. The van der Waals surface area contributed by atoms with Crippen molar-refractivity contribution in [2.24, 2.45) is 28.6 Å². The third-order valence-electron chi connectivity index (χ3n) is 7.66. The topological polar surface area (TPSA) is 0 Å². The van der Waals surface area contributed by atoms with E-state index in [1.165, 1.54) is 70.6 Å². The first-order valence-electron chi connectivity index (χ1n) is 11.0. The average Bonchev–Trinajstić information content (AvgIpc) is 2.54. The maximum atomic E-state index is 4.50. The first kappa shape index (κ1) is 22.4. The van der Waals surface area contributed by atoms with Crippen LogP contribution in [0, 0.1) is 28.6 Å². The fraction of sp³-hybridized carbons (Fsp3) is 1.00. The summed E-state index contributed by atoms with van der Waals surface area (Å²) in [6.45, 7) is 14.9. The zero-order chi connectivity index (χ0) is 18.2. The predicted octanol–water partition coefficient (Wildman–Crippen LogP) is 8.16. The highest BCUT2D eigenvalue weighted by molar-refractivity contribution is 7.80. The van der Waals surface area contributed by atoms with E-state index in [9.17, 15) is 0 Å². The molecular formula is C23H46S. The van der Waals surface area contributed by atoms with Gasteiger partial charge in [-0.2, -0.15) is 12.6 Å². The monoisotopic (exact) mass is 354 g/mol. The number of hydrogen-bond donors (Lipinski definition) is 1. The smallest absolute Gasteiger partial charge is 0.00978 e. The number of thiol groups is 1. The normalized spacial score (nSPS) is 28.9. The van der Waals surface area contributed by atoms with Crippen LogP contribution in [-0.2, 0) is 0 Å². The summed E-state index contributed by atoms with van der Waals surface area (Å²) in [5, 5.41) is 0. The van der Waals surface area contributed by atoms with Crippen molar-refractivity contribution in [3.8, 4) is 0 Å². The minimum atomic E-state index is 0.546. The van der Waals surface area contributed by atoms with Crippen LogP contribution in [0.25, 0.3) is 0 Å². The number of rotatable bonds is 13. The lowest BCUT2D eigenvalue weighted by atomic mass is 9.41. The minimum absolute atomic E-state index is 0.546. The highest BCUT2D eigenvalue weighted by Crippen LogP contribution is 2.66. The lowest BCUT2D eigenvalue weighted by Gasteiger charge is -2.63. The van der Waals surface area contributed by atoms with Crippen LogP contribution in [0.2, 0.25) is 0 Å². The quantitative estimate of drug-likeness (QED) is 0.250. The van der Waals surface area contributed by atoms with Crippen LogP contribution in [0.3, 0.4) is 0 Å². The molecule has 0 amide bonds. The van der Waals surface area contributed by atoms with Crippen LogP contribution in [0.15, 0.2) is 0 Å². The van der Waals surface area contributed by atoms with E-state index in [2.05, 4.69) is 54.2 Å². The van der Waals surface area contributed by atoms with Gasteiger partial charge in [0.1, 0.15) is 0 Å². The van der Waals surface area contributed by atoms with Crippen molar-refractivity contribution in [2.45, 2.75) is 112 Å². The fourth-order valence-corrected chi connectivity index (χ4v) is 6.55. The van der Waals surface area contributed by atoms with Crippen molar-refractivity contribution < 1.29 is 0 Å². The van der Waals surface area contributed by atoms with Gasteiger partial charge in [0.05, 0.1) is 0 Å². The fourth-order valence-electron chi connectivity index (χ4n) is 6.36. The van der Waals surface area contributed by atoms with Gasteiger partial charge in [-0.3, -0.25) is 0 Å². The molecule has 144 valence electrons. The van der Waals surface area contributed by atoms with Crippen molar-refractivity contribution in [1.29, 1.82) is 0 Å². The predicted molar refractivity (Wildman–Crippen MR) is 114 cm³/mol. The molecule has 0 nitrogen and oxygen atoms in total. The van der Waals surface area contributed by atoms with Crippen LogP contribution in [0.1, 0.15) is 112 Å². The van der Waals surface area contributed by atoms with E-state index in [-0.39, 0.29) is 0 Å². The maximum absolute atomic E-state index is 4.50. The van der Waals surface area contributed by atoms with Gasteiger partial charge in [-0.25, -0.2) is 0 Å². The molecule has 0 aromatic heterocycles. The highest BCUT2D eigenvalue weighted by Gasteiger charge is 2.57. The average molecular weight is 355 g/mol. The lowest BCUT2D eigenvalue weighted by molar-refractivity contribution is -0.141. The SMILES string of the molecule is CCCCCC(C(C)CC)(C(C)CCCS)C1(C)CC(CCC)C1. The van der Waals surface area contributed by atoms with Gasteiger partial charge in [-0.15, -0.1) is 0 Å². The van der Waals surface area contributed by atoms with E-state index in [1.807, 2.05) is 0 Å². The summed E-state index contributed by atoms with van der Waals surface area (Å²) in [6.07, 6.45) is 15.4. The number of hydrogen-bond acceptors (Lipinski definition) is 1. The van der Waals surface area contributed by atoms with Gasteiger partial charge in [-0.05, 0) is 66.4 Å². The molecule has 0 aliphatic heterocycles. The zero-order valence-electron chi connectivity index (χ0n) is 17.7. The molecular weight excluding hydrogens is 308 g/mol. The molecule has 24 heavy (non-hydrogen) atoms. The Balaban J connectivity index is 3.05. The summed E-state index contributed by atoms with van der Waals surface area (Å²) >= 11 is 4.50. The molecule has 1 aliphatic carbocycles. The Hall–Kier alpha value is 0.350. The minimum Gasteiger partial charge on any atom is -0.179 e. The van der Waals surface area contributed by atoms with Crippen LogP contribution < -0.4 is 0 Å². The van der Waals surface area contributed by atoms with E-state index >= 15 is 0 Å². The van der Waals surface area contributed by atoms with Crippen molar-refractivity contribution in [2.75, 3.05) is 5.75 Å². The largest absolute Gasteiger partial charge is 0.179 e. The van der Waals surface area contributed by atoms with Crippen LogP contribution in [-0.4, -0.2) is 5.75 Å². The Kier molecular flexibility index (Phi) is 9.78. The highest BCUT2D eigenvalue weighted by atomic mass is 32.1. The third-order valence-corrected chi connectivity index (χ3v) is 7.98. The summed E-state index contributed by atoms with van der Waals surface area (Å²) in [4.78, 5) is 0. The second-order valence-electron chi connectivity index (χ2n) is 9.20. The van der Waals surface area contributed by atoms with Gasteiger partial charge < -0.3 is 0 Å². The Bertz CT molecular complexity index is 331. The lowest BCUT2D eigenvalue weighted by Crippen LogP contribution is -2.55.